The summed E-state index contributed by atoms with van der Waals surface area (Å²) in [6, 6.07) is 0.318. The predicted octanol–water partition coefficient (Wildman–Crippen LogP) is 0.794. The van der Waals surface area contributed by atoms with E-state index >= 15 is 0 Å². The van der Waals surface area contributed by atoms with Crippen LogP contribution in [-0.2, 0) is 4.79 Å². The van der Waals surface area contributed by atoms with Crippen LogP contribution in [-0.4, -0.2) is 59.0 Å². The lowest BCUT2D eigenvalue weighted by molar-refractivity contribution is -0.122. The lowest BCUT2D eigenvalue weighted by Gasteiger charge is -2.39. The molecule has 90 valence electrons. The summed E-state index contributed by atoms with van der Waals surface area (Å²) in [4.78, 5) is 25.8. The SMILES string of the molecule is O=C1CCN(C2CCCN(C(=O)O)C2)CC1. The van der Waals surface area contributed by atoms with Gasteiger partial charge in [0.05, 0.1) is 0 Å². The van der Waals surface area contributed by atoms with Crippen LogP contribution in [0.5, 0.6) is 0 Å². The number of carboxylic acid groups (broad SMARTS) is 1. The fraction of sp³-hybridized carbons (Fsp3) is 0.818. The zero-order chi connectivity index (χ0) is 11.5. The van der Waals surface area contributed by atoms with E-state index in [1.807, 2.05) is 0 Å². The Kier molecular flexibility index (Phi) is 3.43. The number of ketones is 1. The van der Waals surface area contributed by atoms with Crippen LogP contribution in [0.25, 0.3) is 0 Å². The van der Waals surface area contributed by atoms with Crippen LogP contribution in [0.4, 0.5) is 4.79 Å². The molecule has 1 atom stereocenters. The Morgan fingerprint density at radius 3 is 2.56 bits per heavy atom. The maximum atomic E-state index is 11.1. The van der Waals surface area contributed by atoms with E-state index in [0.717, 1.165) is 25.9 Å². The second-order valence-electron chi connectivity index (χ2n) is 4.60. The monoisotopic (exact) mass is 226 g/mol. The average Bonchev–Trinajstić information content (AvgIpc) is 2.30. The molecular weight excluding hydrogens is 208 g/mol. The molecule has 2 fully saturated rings. The molecule has 1 N–H and O–H groups in total. The van der Waals surface area contributed by atoms with E-state index in [1.54, 1.807) is 0 Å². The Hall–Kier alpha value is -1.10. The molecule has 2 saturated heterocycles. The highest BCUT2D eigenvalue weighted by Gasteiger charge is 2.29. The summed E-state index contributed by atoms with van der Waals surface area (Å²) >= 11 is 0. The minimum absolute atomic E-state index is 0.318. The van der Waals surface area contributed by atoms with Crippen molar-refractivity contribution in [2.75, 3.05) is 26.2 Å². The summed E-state index contributed by atoms with van der Waals surface area (Å²) in [5, 5.41) is 8.95. The quantitative estimate of drug-likeness (QED) is 0.718. The molecule has 0 radical (unpaired) electrons. The molecule has 1 amide bonds. The van der Waals surface area contributed by atoms with Crippen LogP contribution in [0.3, 0.4) is 0 Å². The first-order chi connectivity index (χ1) is 7.66. The van der Waals surface area contributed by atoms with E-state index < -0.39 is 6.09 Å². The molecule has 0 aliphatic carbocycles. The second-order valence-corrected chi connectivity index (χ2v) is 4.60. The number of carbonyl (C=O) groups excluding carboxylic acids is 1. The average molecular weight is 226 g/mol. The maximum Gasteiger partial charge on any atom is 0.407 e. The van der Waals surface area contributed by atoms with E-state index in [4.69, 9.17) is 5.11 Å². The third-order valence-electron chi connectivity index (χ3n) is 3.54. The molecule has 2 aliphatic heterocycles. The van der Waals surface area contributed by atoms with Gasteiger partial charge in [-0.15, -0.1) is 0 Å². The number of likely N-dealkylation sites (tertiary alicyclic amines) is 2. The number of rotatable bonds is 1. The summed E-state index contributed by atoms with van der Waals surface area (Å²) < 4.78 is 0. The van der Waals surface area contributed by atoms with Crippen LogP contribution in [0, 0.1) is 0 Å². The summed E-state index contributed by atoms with van der Waals surface area (Å²) in [5.41, 5.74) is 0. The number of Topliss-reactive ketones (excluding diaryl/α,β-unsaturated/α-hetero) is 1. The van der Waals surface area contributed by atoms with Gasteiger partial charge in [-0.05, 0) is 12.8 Å². The molecule has 0 aromatic heterocycles. The van der Waals surface area contributed by atoms with Crippen molar-refractivity contribution in [2.24, 2.45) is 0 Å². The molecule has 5 nitrogen and oxygen atoms in total. The Morgan fingerprint density at radius 1 is 1.25 bits per heavy atom. The fourth-order valence-corrected chi connectivity index (χ4v) is 2.57. The Bertz CT molecular complexity index is 283. The second kappa shape index (κ2) is 4.82. The van der Waals surface area contributed by atoms with Crippen molar-refractivity contribution in [3.8, 4) is 0 Å². The summed E-state index contributed by atoms with van der Waals surface area (Å²) in [6.07, 6.45) is 2.42. The highest BCUT2D eigenvalue weighted by atomic mass is 16.4. The largest absolute Gasteiger partial charge is 0.465 e. The van der Waals surface area contributed by atoms with Crippen molar-refractivity contribution in [2.45, 2.75) is 31.7 Å². The first-order valence-electron chi connectivity index (χ1n) is 5.90. The van der Waals surface area contributed by atoms with Crippen molar-refractivity contribution in [3.05, 3.63) is 0 Å². The van der Waals surface area contributed by atoms with Gasteiger partial charge >= 0.3 is 6.09 Å². The highest BCUT2D eigenvalue weighted by molar-refractivity contribution is 5.79. The lowest BCUT2D eigenvalue weighted by Crippen LogP contribution is -2.51. The number of amides is 1. The lowest BCUT2D eigenvalue weighted by atomic mass is 10.0. The van der Waals surface area contributed by atoms with Gasteiger partial charge in [-0.25, -0.2) is 4.79 Å². The zero-order valence-corrected chi connectivity index (χ0v) is 9.39. The van der Waals surface area contributed by atoms with E-state index in [1.165, 1.54) is 4.90 Å². The molecule has 16 heavy (non-hydrogen) atoms. The van der Waals surface area contributed by atoms with E-state index in [-0.39, 0.29) is 0 Å². The van der Waals surface area contributed by atoms with Crippen LogP contribution < -0.4 is 0 Å². The summed E-state index contributed by atoms with van der Waals surface area (Å²) in [5.74, 6) is 0.335. The zero-order valence-electron chi connectivity index (χ0n) is 9.39. The molecule has 5 heteroatoms. The predicted molar refractivity (Wildman–Crippen MR) is 58.4 cm³/mol. The van der Waals surface area contributed by atoms with Gasteiger partial charge in [-0.2, -0.15) is 0 Å². The Balaban J connectivity index is 1.89. The third kappa shape index (κ3) is 2.52. The summed E-state index contributed by atoms with van der Waals surface area (Å²) in [7, 11) is 0. The smallest absolute Gasteiger partial charge is 0.407 e. The fourth-order valence-electron chi connectivity index (χ4n) is 2.57. The first-order valence-corrected chi connectivity index (χ1v) is 5.90. The van der Waals surface area contributed by atoms with Crippen molar-refractivity contribution in [1.29, 1.82) is 0 Å². The molecule has 2 aliphatic rings. The number of nitrogens with zero attached hydrogens (tertiary/aromatic N) is 2. The minimum atomic E-state index is -0.821. The molecule has 0 bridgehead atoms. The Morgan fingerprint density at radius 2 is 1.94 bits per heavy atom. The number of piperidine rings is 2. The highest BCUT2D eigenvalue weighted by Crippen LogP contribution is 2.19. The maximum absolute atomic E-state index is 11.1. The molecule has 0 spiro atoms. The standard InChI is InChI=1S/C11H18N2O3/c14-10-3-6-12(7-4-10)9-2-1-5-13(8-9)11(15)16/h9H,1-8H2,(H,15,16). The minimum Gasteiger partial charge on any atom is -0.465 e. The molecule has 1 unspecified atom stereocenters. The van der Waals surface area contributed by atoms with Gasteiger partial charge in [0.2, 0.25) is 0 Å². The third-order valence-corrected chi connectivity index (χ3v) is 3.54. The van der Waals surface area contributed by atoms with Gasteiger partial charge in [0.15, 0.2) is 0 Å². The van der Waals surface area contributed by atoms with Gasteiger partial charge in [-0.1, -0.05) is 0 Å². The van der Waals surface area contributed by atoms with Crippen LogP contribution in [0.15, 0.2) is 0 Å². The van der Waals surface area contributed by atoms with Crippen LogP contribution in [0.1, 0.15) is 25.7 Å². The molecular formula is C11H18N2O3. The van der Waals surface area contributed by atoms with E-state index in [0.29, 0.717) is 37.8 Å². The number of carbonyl (C=O) groups is 2. The van der Waals surface area contributed by atoms with Gasteiger partial charge in [-0.3, -0.25) is 9.69 Å². The topological polar surface area (TPSA) is 60.9 Å². The normalized spacial score (nSPS) is 28.1. The van der Waals surface area contributed by atoms with Crippen molar-refractivity contribution in [3.63, 3.8) is 0 Å². The van der Waals surface area contributed by atoms with Crippen molar-refractivity contribution >= 4 is 11.9 Å². The van der Waals surface area contributed by atoms with E-state index in [2.05, 4.69) is 4.90 Å². The number of hydrogen-bond acceptors (Lipinski definition) is 3. The molecule has 0 saturated carbocycles. The molecule has 2 rings (SSSR count). The van der Waals surface area contributed by atoms with Gasteiger partial charge < -0.3 is 10.0 Å². The molecule has 2 heterocycles. The molecule has 0 aromatic rings. The van der Waals surface area contributed by atoms with Crippen molar-refractivity contribution in [1.82, 2.24) is 9.80 Å². The van der Waals surface area contributed by atoms with Gasteiger partial charge in [0.25, 0.3) is 0 Å². The van der Waals surface area contributed by atoms with Crippen molar-refractivity contribution < 1.29 is 14.7 Å². The van der Waals surface area contributed by atoms with E-state index in [9.17, 15) is 9.59 Å². The number of hydrogen-bond donors (Lipinski definition) is 1. The summed E-state index contributed by atoms with van der Waals surface area (Å²) in [6.45, 7) is 2.86. The Labute approximate surface area is 95.0 Å². The van der Waals surface area contributed by atoms with Gasteiger partial charge in [0, 0.05) is 45.1 Å². The van der Waals surface area contributed by atoms with Gasteiger partial charge in [0.1, 0.15) is 5.78 Å². The first kappa shape index (κ1) is 11.4. The molecule has 0 aromatic carbocycles. The van der Waals surface area contributed by atoms with Crippen LogP contribution >= 0.6 is 0 Å². The van der Waals surface area contributed by atoms with Crippen LogP contribution in [0.2, 0.25) is 0 Å².